The van der Waals surface area contributed by atoms with Crippen LogP contribution in [0.5, 0.6) is 0 Å². The molecular weight excluding hydrogens is 256 g/mol. The predicted octanol–water partition coefficient (Wildman–Crippen LogP) is 1.24. The fourth-order valence-corrected chi connectivity index (χ4v) is 2.48. The maximum atomic E-state index is 12.0. The lowest BCUT2D eigenvalue weighted by Gasteiger charge is -2.43. The number of oxime groups is 1. The van der Waals surface area contributed by atoms with Crippen molar-refractivity contribution >= 4 is 11.7 Å². The monoisotopic (exact) mass is 284 g/mol. The lowest BCUT2D eigenvalue weighted by Crippen LogP contribution is -2.60. The third-order valence-electron chi connectivity index (χ3n) is 4.15. The molecule has 1 aliphatic rings. The Morgan fingerprint density at radius 1 is 1.25 bits per heavy atom. The smallest absolute Gasteiger partial charge is 0.222 e. The van der Waals surface area contributed by atoms with Crippen LogP contribution in [0.15, 0.2) is 5.16 Å². The quantitative estimate of drug-likeness (QED) is 0.253. The summed E-state index contributed by atoms with van der Waals surface area (Å²) in [6.45, 7) is 8.94. The lowest BCUT2D eigenvalue weighted by atomic mass is 10.00. The number of hydrogen-bond acceptors (Lipinski definition) is 4. The molecule has 1 heterocycles. The molecule has 0 bridgehead atoms. The van der Waals surface area contributed by atoms with Crippen molar-refractivity contribution < 1.29 is 10.0 Å². The molecule has 0 radical (unpaired) electrons. The summed E-state index contributed by atoms with van der Waals surface area (Å²) in [5.41, 5.74) is 5.25. The minimum atomic E-state index is -0.480. The average molecular weight is 284 g/mol. The minimum Gasteiger partial charge on any atom is -0.409 e. The third-order valence-corrected chi connectivity index (χ3v) is 4.15. The Labute approximate surface area is 121 Å². The summed E-state index contributed by atoms with van der Waals surface area (Å²) in [7, 11) is 0. The first kappa shape index (κ1) is 16.8. The molecule has 6 nitrogen and oxygen atoms in total. The van der Waals surface area contributed by atoms with E-state index in [1.54, 1.807) is 0 Å². The highest BCUT2D eigenvalue weighted by Gasteiger charge is 2.34. The molecule has 0 spiro atoms. The lowest BCUT2D eigenvalue weighted by molar-refractivity contribution is -0.133. The standard InChI is InChI=1S/C14H28N4O2/c1-4-5-6-7-12(19)17-8-10-18(11-9-17)14(2,3)13(15)16-20/h20H,4-11H2,1-3H3,(H2,15,16). The van der Waals surface area contributed by atoms with Gasteiger partial charge >= 0.3 is 0 Å². The number of rotatable bonds is 6. The maximum absolute atomic E-state index is 12.0. The van der Waals surface area contributed by atoms with Crippen LogP contribution in [0.3, 0.4) is 0 Å². The molecule has 0 aromatic carbocycles. The van der Waals surface area contributed by atoms with Crippen LogP contribution in [-0.4, -0.2) is 58.5 Å². The van der Waals surface area contributed by atoms with Gasteiger partial charge in [-0.15, -0.1) is 0 Å². The van der Waals surface area contributed by atoms with Gasteiger partial charge in [0.05, 0.1) is 5.54 Å². The Morgan fingerprint density at radius 3 is 2.35 bits per heavy atom. The topological polar surface area (TPSA) is 82.2 Å². The van der Waals surface area contributed by atoms with E-state index in [1.165, 1.54) is 0 Å². The molecule has 0 unspecified atom stereocenters. The highest BCUT2D eigenvalue weighted by Crippen LogP contribution is 2.18. The highest BCUT2D eigenvalue weighted by molar-refractivity contribution is 5.88. The van der Waals surface area contributed by atoms with Crippen molar-refractivity contribution in [3.63, 3.8) is 0 Å². The fourth-order valence-electron chi connectivity index (χ4n) is 2.48. The molecule has 1 saturated heterocycles. The number of carbonyl (C=O) groups is 1. The summed E-state index contributed by atoms with van der Waals surface area (Å²) in [5, 5.41) is 11.9. The van der Waals surface area contributed by atoms with E-state index in [2.05, 4.69) is 17.0 Å². The van der Waals surface area contributed by atoms with Crippen molar-refractivity contribution in [2.75, 3.05) is 26.2 Å². The number of hydrogen-bond donors (Lipinski definition) is 2. The van der Waals surface area contributed by atoms with Gasteiger partial charge in [-0.25, -0.2) is 0 Å². The number of amidine groups is 1. The molecule has 3 N–H and O–H groups in total. The summed E-state index contributed by atoms with van der Waals surface area (Å²) in [6.07, 6.45) is 3.87. The van der Waals surface area contributed by atoms with Crippen LogP contribution in [0, 0.1) is 0 Å². The summed E-state index contributed by atoms with van der Waals surface area (Å²) in [5.74, 6) is 0.458. The highest BCUT2D eigenvalue weighted by atomic mass is 16.4. The molecule has 20 heavy (non-hydrogen) atoms. The zero-order valence-corrected chi connectivity index (χ0v) is 12.9. The molecule has 116 valence electrons. The van der Waals surface area contributed by atoms with E-state index < -0.39 is 5.54 Å². The van der Waals surface area contributed by atoms with Crippen LogP contribution in [-0.2, 0) is 4.79 Å². The molecule has 0 aliphatic carbocycles. The van der Waals surface area contributed by atoms with Gasteiger partial charge in [-0.05, 0) is 20.3 Å². The zero-order valence-electron chi connectivity index (χ0n) is 12.9. The van der Waals surface area contributed by atoms with Crippen molar-refractivity contribution in [1.29, 1.82) is 0 Å². The summed E-state index contributed by atoms with van der Waals surface area (Å²) in [6, 6.07) is 0. The molecule has 0 aromatic heterocycles. The van der Waals surface area contributed by atoms with E-state index in [0.717, 1.165) is 32.4 Å². The van der Waals surface area contributed by atoms with E-state index in [-0.39, 0.29) is 11.7 Å². The fraction of sp³-hybridized carbons (Fsp3) is 0.857. The normalized spacial score (nSPS) is 18.4. The van der Waals surface area contributed by atoms with Crippen molar-refractivity contribution in [3.05, 3.63) is 0 Å². The first-order valence-electron chi connectivity index (χ1n) is 7.44. The van der Waals surface area contributed by atoms with E-state index >= 15 is 0 Å². The minimum absolute atomic E-state index is 0.209. The molecule has 1 aliphatic heterocycles. The number of unbranched alkanes of at least 4 members (excludes halogenated alkanes) is 2. The Kier molecular flexibility index (Phi) is 6.26. The first-order chi connectivity index (χ1) is 9.43. The number of piperazine rings is 1. The number of nitrogens with two attached hydrogens (primary N) is 1. The van der Waals surface area contributed by atoms with Gasteiger partial charge in [0, 0.05) is 32.6 Å². The van der Waals surface area contributed by atoms with E-state index in [9.17, 15) is 4.79 Å². The number of carbonyl (C=O) groups excluding carboxylic acids is 1. The SMILES string of the molecule is CCCCCC(=O)N1CCN(C(C)(C)C(N)=NO)CC1. The van der Waals surface area contributed by atoms with Gasteiger partial charge in [-0.3, -0.25) is 9.69 Å². The van der Waals surface area contributed by atoms with Gasteiger partial charge in [0.15, 0.2) is 5.84 Å². The van der Waals surface area contributed by atoms with E-state index in [0.29, 0.717) is 19.5 Å². The summed E-state index contributed by atoms with van der Waals surface area (Å²) >= 11 is 0. The van der Waals surface area contributed by atoms with Crippen LogP contribution in [0.25, 0.3) is 0 Å². The molecule has 1 amide bonds. The van der Waals surface area contributed by atoms with Gasteiger partial charge in [0.1, 0.15) is 0 Å². The molecule has 0 aromatic rings. The largest absolute Gasteiger partial charge is 0.409 e. The third kappa shape index (κ3) is 4.10. The van der Waals surface area contributed by atoms with Crippen molar-refractivity contribution in [2.45, 2.75) is 52.0 Å². The van der Waals surface area contributed by atoms with Gasteiger partial charge in [0.2, 0.25) is 5.91 Å². The second-order valence-corrected chi connectivity index (χ2v) is 5.87. The second kappa shape index (κ2) is 7.47. The molecular formula is C14H28N4O2. The Bertz CT molecular complexity index is 347. The Balaban J connectivity index is 2.45. The number of nitrogens with zero attached hydrogens (tertiary/aromatic N) is 3. The van der Waals surface area contributed by atoms with Crippen molar-refractivity contribution in [3.8, 4) is 0 Å². The Hall–Kier alpha value is -1.30. The summed E-state index contributed by atoms with van der Waals surface area (Å²) < 4.78 is 0. The first-order valence-corrected chi connectivity index (χ1v) is 7.44. The Morgan fingerprint density at radius 2 is 1.85 bits per heavy atom. The second-order valence-electron chi connectivity index (χ2n) is 5.87. The van der Waals surface area contributed by atoms with Gasteiger partial charge < -0.3 is 15.8 Å². The van der Waals surface area contributed by atoms with Crippen LogP contribution in [0.1, 0.15) is 46.5 Å². The molecule has 6 heteroatoms. The van der Waals surface area contributed by atoms with Gasteiger partial charge in [-0.2, -0.15) is 0 Å². The molecule has 0 saturated carbocycles. The predicted molar refractivity (Wildman–Crippen MR) is 79.8 cm³/mol. The summed E-state index contributed by atoms with van der Waals surface area (Å²) in [4.78, 5) is 16.1. The van der Waals surface area contributed by atoms with Crippen molar-refractivity contribution in [2.24, 2.45) is 10.9 Å². The van der Waals surface area contributed by atoms with Crippen LogP contribution in [0.2, 0.25) is 0 Å². The molecule has 1 fully saturated rings. The van der Waals surface area contributed by atoms with Crippen LogP contribution in [0.4, 0.5) is 0 Å². The molecule has 1 rings (SSSR count). The van der Waals surface area contributed by atoms with Crippen molar-refractivity contribution in [1.82, 2.24) is 9.80 Å². The zero-order chi connectivity index (χ0) is 15.2. The van der Waals surface area contributed by atoms with E-state index in [4.69, 9.17) is 10.9 Å². The number of amides is 1. The van der Waals surface area contributed by atoms with Gasteiger partial charge in [-0.1, -0.05) is 24.9 Å². The van der Waals surface area contributed by atoms with E-state index in [1.807, 2.05) is 18.7 Å². The maximum Gasteiger partial charge on any atom is 0.222 e. The molecule has 0 atom stereocenters. The average Bonchev–Trinajstić information content (AvgIpc) is 2.46. The van der Waals surface area contributed by atoms with Crippen LogP contribution < -0.4 is 5.73 Å². The van der Waals surface area contributed by atoms with Gasteiger partial charge in [0.25, 0.3) is 0 Å². The van der Waals surface area contributed by atoms with Crippen LogP contribution >= 0.6 is 0 Å².